The standard InChI is InChI=1S/C13H15N3S/c1-9-15-16-13(17-9)14-8-10-3-2-4-12(7-10)11-5-6-11/h2-4,7,11H,5-6,8H2,1H3,(H,14,16). The lowest BCUT2D eigenvalue weighted by Gasteiger charge is -2.04. The van der Waals surface area contributed by atoms with E-state index >= 15 is 0 Å². The van der Waals surface area contributed by atoms with Gasteiger partial charge in [0.25, 0.3) is 0 Å². The molecule has 17 heavy (non-hydrogen) atoms. The van der Waals surface area contributed by atoms with Gasteiger partial charge in [0.2, 0.25) is 5.13 Å². The second-order valence-corrected chi connectivity index (χ2v) is 5.68. The topological polar surface area (TPSA) is 37.8 Å². The van der Waals surface area contributed by atoms with Gasteiger partial charge in [-0.25, -0.2) is 0 Å². The maximum Gasteiger partial charge on any atom is 0.205 e. The van der Waals surface area contributed by atoms with E-state index in [0.717, 1.165) is 22.6 Å². The third-order valence-electron chi connectivity index (χ3n) is 2.97. The van der Waals surface area contributed by atoms with Crippen molar-refractivity contribution in [2.24, 2.45) is 0 Å². The Morgan fingerprint density at radius 3 is 2.94 bits per heavy atom. The molecule has 1 fully saturated rings. The normalized spacial score (nSPS) is 14.9. The van der Waals surface area contributed by atoms with Crippen LogP contribution in [-0.4, -0.2) is 10.2 Å². The number of hydrogen-bond donors (Lipinski definition) is 1. The third kappa shape index (κ3) is 2.64. The molecular formula is C13H15N3S. The van der Waals surface area contributed by atoms with Crippen LogP contribution in [0.1, 0.15) is 34.9 Å². The van der Waals surface area contributed by atoms with Gasteiger partial charge >= 0.3 is 0 Å². The minimum absolute atomic E-state index is 0.818. The van der Waals surface area contributed by atoms with Gasteiger partial charge in [0.15, 0.2) is 0 Å². The second kappa shape index (κ2) is 4.45. The summed E-state index contributed by atoms with van der Waals surface area (Å²) in [6, 6.07) is 8.84. The smallest absolute Gasteiger partial charge is 0.205 e. The SMILES string of the molecule is Cc1nnc(NCc2cccc(C3CC3)c2)s1. The molecule has 1 saturated carbocycles. The maximum atomic E-state index is 4.06. The third-order valence-corrected chi connectivity index (χ3v) is 3.77. The summed E-state index contributed by atoms with van der Waals surface area (Å²) in [5.41, 5.74) is 2.81. The van der Waals surface area contributed by atoms with Crippen LogP contribution in [-0.2, 0) is 6.54 Å². The van der Waals surface area contributed by atoms with Gasteiger partial charge in [-0.1, -0.05) is 35.6 Å². The first kappa shape index (κ1) is 10.7. The van der Waals surface area contributed by atoms with Crippen molar-refractivity contribution in [1.29, 1.82) is 0 Å². The van der Waals surface area contributed by atoms with Crippen LogP contribution in [0.15, 0.2) is 24.3 Å². The van der Waals surface area contributed by atoms with Gasteiger partial charge in [0.05, 0.1) is 0 Å². The van der Waals surface area contributed by atoms with Crippen LogP contribution in [0, 0.1) is 6.92 Å². The molecule has 0 unspecified atom stereocenters. The first-order chi connectivity index (χ1) is 8.31. The van der Waals surface area contributed by atoms with Crippen molar-refractivity contribution in [2.45, 2.75) is 32.2 Å². The van der Waals surface area contributed by atoms with Crippen molar-refractivity contribution in [2.75, 3.05) is 5.32 Å². The summed E-state index contributed by atoms with van der Waals surface area (Å²) in [7, 11) is 0. The van der Waals surface area contributed by atoms with Crippen molar-refractivity contribution < 1.29 is 0 Å². The van der Waals surface area contributed by atoms with Crippen LogP contribution >= 0.6 is 11.3 Å². The summed E-state index contributed by atoms with van der Waals surface area (Å²) in [6.45, 7) is 2.80. The van der Waals surface area contributed by atoms with Crippen LogP contribution in [0.4, 0.5) is 5.13 Å². The zero-order valence-corrected chi connectivity index (χ0v) is 10.6. The lowest BCUT2D eigenvalue weighted by molar-refractivity contribution is 1.02. The fourth-order valence-corrected chi connectivity index (χ4v) is 2.51. The summed E-state index contributed by atoms with van der Waals surface area (Å²) < 4.78 is 0. The first-order valence-corrected chi connectivity index (χ1v) is 6.76. The highest BCUT2D eigenvalue weighted by atomic mass is 32.1. The van der Waals surface area contributed by atoms with E-state index in [2.05, 4.69) is 39.8 Å². The Kier molecular flexibility index (Phi) is 2.81. The van der Waals surface area contributed by atoms with Crippen molar-refractivity contribution in [3.63, 3.8) is 0 Å². The summed E-state index contributed by atoms with van der Waals surface area (Å²) in [5.74, 6) is 0.818. The largest absolute Gasteiger partial charge is 0.356 e. The number of nitrogens with zero attached hydrogens (tertiary/aromatic N) is 2. The average Bonchev–Trinajstić information content (AvgIpc) is 3.11. The summed E-state index contributed by atoms with van der Waals surface area (Å²) in [5, 5.41) is 13.3. The fraction of sp³-hybridized carbons (Fsp3) is 0.385. The van der Waals surface area contributed by atoms with Gasteiger partial charge in [0.1, 0.15) is 5.01 Å². The maximum absolute atomic E-state index is 4.06. The molecule has 0 aliphatic heterocycles. The van der Waals surface area contributed by atoms with Crippen LogP contribution in [0.3, 0.4) is 0 Å². The van der Waals surface area contributed by atoms with Crippen LogP contribution in [0.5, 0.6) is 0 Å². The molecule has 0 saturated heterocycles. The molecule has 0 amide bonds. The van der Waals surface area contributed by atoms with Gasteiger partial charge in [-0.15, -0.1) is 10.2 Å². The molecule has 0 radical (unpaired) electrons. The number of hydrogen-bond acceptors (Lipinski definition) is 4. The molecule has 0 spiro atoms. The van der Waals surface area contributed by atoms with E-state index in [9.17, 15) is 0 Å². The van der Waals surface area contributed by atoms with Gasteiger partial charge in [0, 0.05) is 6.54 Å². The summed E-state index contributed by atoms with van der Waals surface area (Å²) in [6.07, 6.45) is 2.71. The highest BCUT2D eigenvalue weighted by molar-refractivity contribution is 7.15. The molecule has 1 aromatic carbocycles. The number of nitrogens with one attached hydrogen (secondary N) is 1. The number of aromatic nitrogens is 2. The number of benzene rings is 1. The van der Waals surface area contributed by atoms with E-state index < -0.39 is 0 Å². The molecule has 1 aliphatic rings. The first-order valence-electron chi connectivity index (χ1n) is 5.94. The Bertz CT molecular complexity index is 517. The Balaban J connectivity index is 1.66. The molecule has 3 rings (SSSR count). The second-order valence-electron chi connectivity index (χ2n) is 4.50. The van der Waals surface area contributed by atoms with E-state index in [1.165, 1.54) is 24.0 Å². The Morgan fingerprint density at radius 1 is 1.35 bits per heavy atom. The summed E-state index contributed by atoms with van der Waals surface area (Å²) in [4.78, 5) is 0. The molecular weight excluding hydrogens is 230 g/mol. The zero-order chi connectivity index (χ0) is 11.7. The molecule has 1 aromatic heterocycles. The molecule has 0 atom stereocenters. The highest BCUT2D eigenvalue weighted by Gasteiger charge is 2.23. The molecule has 4 heteroatoms. The van der Waals surface area contributed by atoms with E-state index in [0.29, 0.717) is 0 Å². The molecule has 0 bridgehead atoms. The van der Waals surface area contributed by atoms with Gasteiger partial charge < -0.3 is 5.32 Å². The number of anilines is 1. The fourth-order valence-electron chi connectivity index (χ4n) is 1.92. The predicted octanol–water partition coefficient (Wildman–Crippen LogP) is 3.34. The van der Waals surface area contributed by atoms with Crippen molar-refractivity contribution in [1.82, 2.24) is 10.2 Å². The Labute approximate surface area is 105 Å². The van der Waals surface area contributed by atoms with E-state index in [4.69, 9.17) is 0 Å². The molecule has 2 aromatic rings. The molecule has 88 valence electrons. The van der Waals surface area contributed by atoms with Crippen LogP contribution in [0.25, 0.3) is 0 Å². The monoisotopic (exact) mass is 245 g/mol. The van der Waals surface area contributed by atoms with Gasteiger partial charge in [-0.3, -0.25) is 0 Å². The molecule has 1 heterocycles. The Morgan fingerprint density at radius 2 is 2.24 bits per heavy atom. The zero-order valence-electron chi connectivity index (χ0n) is 9.81. The minimum atomic E-state index is 0.818. The van der Waals surface area contributed by atoms with Gasteiger partial charge in [-0.2, -0.15) is 0 Å². The predicted molar refractivity (Wildman–Crippen MR) is 70.4 cm³/mol. The quantitative estimate of drug-likeness (QED) is 0.897. The highest BCUT2D eigenvalue weighted by Crippen LogP contribution is 2.40. The van der Waals surface area contributed by atoms with Crippen LogP contribution in [0.2, 0.25) is 0 Å². The van der Waals surface area contributed by atoms with E-state index in [-0.39, 0.29) is 0 Å². The minimum Gasteiger partial charge on any atom is -0.356 e. The van der Waals surface area contributed by atoms with E-state index in [1.54, 1.807) is 11.3 Å². The van der Waals surface area contributed by atoms with Gasteiger partial charge in [-0.05, 0) is 36.8 Å². The van der Waals surface area contributed by atoms with Crippen molar-refractivity contribution in [3.05, 3.63) is 40.4 Å². The Hall–Kier alpha value is -1.42. The van der Waals surface area contributed by atoms with Crippen LogP contribution < -0.4 is 5.32 Å². The number of rotatable bonds is 4. The molecule has 3 nitrogen and oxygen atoms in total. The lowest BCUT2D eigenvalue weighted by Crippen LogP contribution is -1.99. The molecule has 1 aliphatic carbocycles. The van der Waals surface area contributed by atoms with Crippen molar-refractivity contribution >= 4 is 16.5 Å². The average molecular weight is 245 g/mol. The number of aryl methyl sites for hydroxylation is 1. The van der Waals surface area contributed by atoms with E-state index in [1.807, 2.05) is 6.92 Å². The lowest BCUT2D eigenvalue weighted by atomic mass is 10.1. The summed E-state index contributed by atoms with van der Waals surface area (Å²) >= 11 is 1.60. The molecule has 1 N–H and O–H groups in total. The van der Waals surface area contributed by atoms with Crippen molar-refractivity contribution in [3.8, 4) is 0 Å².